The van der Waals surface area contributed by atoms with Gasteiger partial charge < -0.3 is 20.5 Å². The molecular weight excluding hydrogens is 381 g/mol. The molecule has 0 spiro atoms. The van der Waals surface area contributed by atoms with Crippen molar-refractivity contribution in [1.29, 1.82) is 0 Å². The summed E-state index contributed by atoms with van der Waals surface area (Å²) in [6.07, 6.45) is 0.845. The van der Waals surface area contributed by atoms with Gasteiger partial charge in [0.05, 0.1) is 14.2 Å². The van der Waals surface area contributed by atoms with Crippen molar-refractivity contribution in [3.63, 3.8) is 0 Å². The highest BCUT2D eigenvalue weighted by Crippen LogP contribution is 2.27. The lowest BCUT2D eigenvalue weighted by Gasteiger charge is -2.10. The summed E-state index contributed by atoms with van der Waals surface area (Å²) in [5.41, 5.74) is 6.94. The number of halogens is 1. The number of methoxy groups -OCH3 is 2. The number of nitrogens with two attached hydrogens (primary N) is 1. The molecule has 3 N–H and O–H groups in total. The fourth-order valence-electron chi connectivity index (χ4n) is 1.71. The molecule has 0 aromatic heterocycles. The number of hydrogen-bond donors (Lipinski definition) is 2. The lowest BCUT2D eigenvalue weighted by Crippen LogP contribution is -2.33. The molecule has 0 bridgehead atoms. The highest BCUT2D eigenvalue weighted by Gasteiger charge is 2.04. The maximum Gasteiger partial charge on any atom is 0.188 e. The average Bonchev–Trinajstić information content (AvgIpc) is 2.44. The van der Waals surface area contributed by atoms with Gasteiger partial charge in [0.25, 0.3) is 0 Å². The molecule has 0 heterocycles. The van der Waals surface area contributed by atoms with Crippen molar-refractivity contribution >= 4 is 29.9 Å². The summed E-state index contributed by atoms with van der Waals surface area (Å²) < 4.78 is 10.5. The SMILES string of the molecule is COc1ccc(CCNC(N)=NCC(C)C)cc1OC.I. The third-order valence-electron chi connectivity index (χ3n) is 2.79. The Balaban J connectivity index is 0.00000400. The Morgan fingerprint density at radius 1 is 1.24 bits per heavy atom. The van der Waals surface area contributed by atoms with Gasteiger partial charge in [0.2, 0.25) is 0 Å². The predicted molar refractivity (Wildman–Crippen MR) is 98.0 cm³/mol. The molecule has 0 aliphatic carbocycles. The van der Waals surface area contributed by atoms with Gasteiger partial charge in [-0.15, -0.1) is 24.0 Å². The molecule has 0 aliphatic rings. The van der Waals surface area contributed by atoms with Crippen LogP contribution in [0, 0.1) is 5.92 Å². The number of aliphatic imine (C=N–C) groups is 1. The summed E-state index contributed by atoms with van der Waals surface area (Å²) in [4.78, 5) is 4.25. The number of guanidine groups is 1. The fourth-order valence-corrected chi connectivity index (χ4v) is 1.71. The van der Waals surface area contributed by atoms with Gasteiger partial charge in [-0.1, -0.05) is 19.9 Å². The van der Waals surface area contributed by atoms with E-state index in [2.05, 4.69) is 24.2 Å². The zero-order chi connectivity index (χ0) is 15.0. The van der Waals surface area contributed by atoms with E-state index in [1.54, 1.807) is 14.2 Å². The van der Waals surface area contributed by atoms with Crippen molar-refractivity contribution in [2.24, 2.45) is 16.6 Å². The predicted octanol–water partition coefficient (Wildman–Crippen LogP) is 2.42. The second-order valence-electron chi connectivity index (χ2n) is 4.99. The third-order valence-corrected chi connectivity index (χ3v) is 2.79. The number of rotatable bonds is 7. The monoisotopic (exact) mass is 407 g/mol. The molecule has 1 aromatic rings. The first-order valence-electron chi connectivity index (χ1n) is 6.81. The molecule has 0 aliphatic heterocycles. The second-order valence-corrected chi connectivity index (χ2v) is 4.99. The summed E-state index contributed by atoms with van der Waals surface area (Å²) in [6, 6.07) is 5.90. The molecule has 0 saturated carbocycles. The van der Waals surface area contributed by atoms with Crippen LogP contribution in [0.4, 0.5) is 0 Å². The van der Waals surface area contributed by atoms with Crippen molar-refractivity contribution < 1.29 is 9.47 Å². The van der Waals surface area contributed by atoms with E-state index in [0.29, 0.717) is 11.9 Å². The van der Waals surface area contributed by atoms with E-state index in [9.17, 15) is 0 Å². The van der Waals surface area contributed by atoms with E-state index < -0.39 is 0 Å². The van der Waals surface area contributed by atoms with E-state index in [1.165, 1.54) is 0 Å². The molecule has 1 aromatic carbocycles. The largest absolute Gasteiger partial charge is 0.493 e. The molecule has 6 heteroatoms. The van der Waals surface area contributed by atoms with Gasteiger partial charge in [0.15, 0.2) is 17.5 Å². The third kappa shape index (κ3) is 7.40. The summed E-state index contributed by atoms with van der Waals surface area (Å²) in [7, 11) is 3.27. The number of nitrogens with one attached hydrogen (secondary N) is 1. The second kappa shape index (κ2) is 10.5. The van der Waals surface area contributed by atoms with E-state index in [4.69, 9.17) is 15.2 Å². The quantitative estimate of drug-likeness (QED) is 0.414. The first-order valence-corrected chi connectivity index (χ1v) is 6.81. The Morgan fingerprint density at radius 2 is 1.90 bits per heavy atom. The zero-order valence-electron chi connectivity index (χ0n) is 13.2. The Hall–Kier alpha value is -1.18. The van der Waals surface area contributed by atoms with Crippen LogP contribution in [0.5, 0.6) is 11.5 Å². The van der Waals surface area contributed by atoms with Gasteiger partial charge in [-0.2, -0.15) is 0 Å². The normalized spacial score (nSPS) is 11.0. The van der Waals surface area contributed by atoms with Crippen LogP contribution < -0.4 is 20.5 Å². The van der Waals surface area contributed by atoms with Crippen molar-refractivity contribution in [1.82, 2.24) is 5.32 Å². The Labute approximate surface area is 144 Å². The topological polar surface area (TPSA) is 68.9 Å². The number of ether oxygens (including phenoxy) is 2. The van der Waals surface area contributed by atoms with Crippen LogP contribution in [0.15, 0.2) is 23.2 Å². The molecule has 0 unspecified atom stereocenters. The molecule has 21 heavy (non-hydrogen) atoms. The van der Waals surface area contributed by atoms with Gasteiger partial charge in [-0.25, -0.2) is 0 Å². The fraction of sp³-hybridized carbons (Fsp3) is 0.533. The number of hydrogen-bond acceptors (Lipinski definition) is 3. The first-order chi connectivity index (χ1) is 9.56. The maximum absolute atomic E-state index is 5.78. The molecule has 0 atom stereocenters. The van der Waals surface area contributed by atoms with Crippen LogP contribution in [-0.4, -0.2) is 33.3 Å². The standard InChI is InChI=1S/C15H25N3O2.HI/c1-11(2)10-18-15(16)17-8-7-12-5-6-13(19-3)14(9-12)20-4;/h5-6,9,11H,7-8,10H2,1-4H3,(H3,16,17,18);1H. The van der Waals surface area contributed by atoms with Gasteiger partial charge in [-0.3, -0.25) is 4.99 Å². The van der Waals surface area contributed by atoms with Crippen molar-refractivity contribution in [2.45, 2.75) is 20.3 Å². The van der Waals surface area contributed by atoms with Gasteiger partial charge in [0, 0.05) is 13.1 Å². The number of nitrogens with zero attached hydrogens (tertiary/aromatic N) is 1. The van der Waals surface area contributed by atoms with Crippen LogP contribution in [0.25, 0.3) is 0 Å². The van der Waals surface area contributed by atoms with E-state index in [-0.39, 0.29) is 24.0 Å². The Kier molecular flexibility index (Phi) is 9.94. The zero-order valence-corrected chi connectivity index (χ0v) is 15.5. The minimum Gasteiger partial charge on any atom is -0.493 e. The van der Waals surface area contributed by atoms with E-state index in [1.807, 2.05) is 18.2 Å². The average molecular weight is 407 g/mol. The van der Waals surface area contributed by atoms with Crippen molar-refractivity contribution in [2.75, 3.05) is 27.3 Å². The lowest BCUT2D eigenvalue weighted by atomic mass is 10.1. The van der Waals surface area contributed by atoms with Crippen LogP contribution in [0.3, 0.4) is 0 Å². The summed E-state index contributed by atoms with van der Waals surface area (Å²) in [5, 5.41) is 3.11. The summed E-state index contributed by atoms with van der Waals surface area (Å²) in [5.74, 6) is 2.49. The van der Waals surface area contributed by atoms with Gasteiger partial charge in [0.1, 0.15) is 0 Å². The van der Waals surface area contributed by atoms with E-state index >= 15 is 0 Å². The van der Waals surface area contributed by atoms with Crippen LogP contribution in [-0.2, 0) is 6.42 Å². The summed E-state index contributed by atoms with van der Waals surface area (Å²) >= 11 is 0. The molecule has 0 fully saturated rings. The van der Waals surface area contributed by atoms with Crippen LogP contribution in [0.2, 0.25) is 0 Å². The molecule has 1 rings (SSSR count). The summed E-state index contributed by atoms with van der Waals surface area (Å²) in [6.45, 7) is 5.71. The molecule has 5 nitrogen and oxygen atoms in total. The van der Waals surface area contributed by atoms with Crippen molar-refractivity contribution in [3.8, 4) is 11.5 Å². The minimum absolute atomic E-state index is 0. The smallest absolute Gasteiger partial charge is 0.188 e. The minimum atomic E-state index is 0. The van der Waals surface area contributed by atoms with Crippen LogP contribution >= 0.6 is 24.0 Å². The Morgan fingerprint density at radius 3 is 2.48 bits per heavy atom. The van der Waals surface area contributed by atoms with Crippen LogP contribution in [0.1, 0.15) is 19.4 Å². The lowest BCUT2D eigenvalue weighted by molar-refractivity contribution is 0.354. The highest BCUT2D eigenvalue weighted by atomic mass is 127. The van der Waals surface area contributed by atoms with Gasteiger partial charge >= 0.3 is 0 Å². The van der Waals surface area contributed by atoms with E-state index in [0.717, 1.165) is 36.6 Å². The maximum atomic E-state index is 5.78. The molecule has 120 valence electrons. The van der Waals surface area contributed by atoms with Crippen molar-refractivity contribution in [3.05, 3.63) is 23.8 Å². The highest BCUT2D eigenvalue weighted by molar-refractivity contribution is 14.0. The Bertz CT molecular complexity index is 451. The molecule has 0 radical (unpaired) electrons. The van der Waals surface area contributed by atoms with Gasteiger partial charge in [-0.05, 0) is 30.0 Å². The first kappa shape index (κ1) is 19.8. The molecule has 0 amide bonds. The molecule has 0 saturated heterocycles. The number of benzene rings is 1. The molecular formula is C15H26IN3O2.